The predicted octanol–water partition coefficient (Wildman–Crippen LogP) is 3.66. The van der Waals surface area contributed by atoms with Crippen LogP contribution in [-0.4, -0.2) is 24.6 Å². The molecule has 2 aromatic carbocycles. The Hall–Kier alpha value is -2.38. The molecule has 150 valence electrons. The molecule has 0 aliphatic rings. The van der Waals surface area contributed by atoms with E-state index in [-0.39, 0.29) is 18.6 Å². The van der Waals surface area contributed by atoms with Gasteiger partial charge in [0.15, 0.2) is 0 Å². The van der Waals surface area contributed by atoms with Crippen molar-refractivity contribution in [3.8, 4) is 0 Å². The zero-order chi connectivity index (χ0) is 20.4. The molecule has 0 unspecified atom stereocenters. The van der Waals surface area contributed by atoms with E-state index in [1.165, 1.54) is 0 Å². The largest absolute Gasteiger partial charge is 0.445 e. The molecule has 0 aromatic heterocycles. The molecule has 6 nitrogen and oxygen atoms in total. The molecule has 2 atom stereocenters. The lowest BCUT2D eigenvalue weighted by atomic mass is 10.1. The molecule has 28 heavy (non-hydrogen) atoms. The summed E-state index contributed by atoms with van der Waals surface area (Å²) in [6.45, 7) is 2.54. The molecule has 0 aliphatic heterocycles. The molecular formula is C21H26BrN3O3. The van der Waals surface area contributed by atoms with Gasteiger partial charge in [-0.15, -0.1) is 0 Å². The number of nitrogens with one attached hydrogen (secondary N) is 2. The van der Waals surface area contributed by atoms with Crippen molar-refractivity contribution >= 4 is 27.9 Å². The van der Waals surface area contributed by atoms with Gasteiger partial charge >= 0.3 is 6.09 Å². The van der Waals surface area contributed by atoms with Crippen molar-refractivity contribution in [1.82, 2.24) is 10.6 Å². The molecular weight excluding hydrogens is 422 g/mol. The number of hydrogen-bond donors (Lipinski definition) is 3. The van der Waals surface area contributed by atoms with E-state index in [0.29, 0.717) is 19.4 Å². The number of hydrogen-bond acceptors (Lipinski definition) is 4. The van der Waals surface area contributed by atoms with Gasteiger partial charge in [-0.2, -0.15) is 0 Å². The van der Waals surface area contributed by atoms with Gasteiger partial charge in [-0.05, 0) is 43.0 Å². The fraction of sp³-hybridized carbons (Fsp3) is 0.333. The van der Waals surface area contributed by atoms with Crippen LogP contribution in [0, 0.1) is 0 Å². The van der Waals surface area contributed by atoms with Crippen molar-refractivity contribution in [2.45, 2.75) is 38.5 Å². The van der Waals surface area contributed by atoms with Gasteiger partial charge in [0.25, 0.3) is 0 Å². The van der Waals surface area contributed by atoms with Crippen LogP contribution in [0.25, 0.3) is 0 Å². The summed E-state index contributed by atoms with van der Waals surface area (Å²) in [5, 5.41) is 5.58. The van der Waals surface area contributed by atoms with Crippen molar-refractivity contribution < 1.29 is 14.3 Å². The molecule has 4 N–H and O–H groups in total. The second-order valence-electron chi connectivity index (χ2n) is 6.52. The summed E-state index contributed by atoms with van der Waals surface area (Å²) in [4.78, 5) is 23.9. The quantitative estimate of drug-likeness (QED) is 0.511. The van der Waals surface area contributed by atoms with E-state index in [9.17, 15) is 9.59 Å². The monoisotopic (exact) mass is 447 g/mol. The van der Waals surface area contributed by atoms with E-state index >= 15 is 0 Å². The molecule has 0 radical (unpaired) electrons. The van der Waals surface area contributed by atoms with Crippen LogP contribution in [0.2, 0.25) is 0 Å². The minimum atomic E-state index is -0.625. The van der Waals surface area contributed by atoms with Crippen LogP contribution in [0.3, 0.4) is 0 Å². The third kappa shape index (κ3) is 7.70. The SMILES string of the molecule is C[C@@H](NC(=O)[C@H](N)CCCNC(=O)OCc1ccccc1)c1ccc(Br)cc1. The topological polar surface area (TPSA) is 93.5 Å². The first kappa shape index (κ1) is 21.9. The Balaban J connectivity index is 1.61. The first-order valence-corrected chi connectivity index (χ1v) is 10.0. The van der Waals surface area contributed by atoms with Crippen LogP contribution in [0.15, 0.2) is 59.1 Å². The lowest BCUT2D eigenvalue weighted by Gasteiger charge is -2.18. The number of ether oxygens (including phenoxy) is 1. The first-order valence-electron chi connectivity index (χ1n) is 9.21. The summed E-state index contributed by atoms with van der Waals surface area (Å²) in [5.74, 6) is -0.206. The van der Waals surface area contributed by atoms with Crippen molar-refractivity contribution in [1.29, 1.82) is 0 Å². The van der Waals surface area contributed by atoms with Crippen LogP contribution < -0.4 is 16.4 Å². The summed E-state index contributed by atoms with van der Waals surface area (Å²) in [7, 11) is 0. The fourth-order valence-electron chi connectivity index (χ4n) is 2.57. The van der Waals surface area contributed by atoms with Gasteiger partial charge in [0.2, 0.25) is 5.91 Å². The Morgan fingerprint density at radius 2 is 1.79 bits per heavy atom. The summed E-state index contributed by atoms with van der Waals surface area (Å²) < 4.78 is 6.12. The van der Waals surface area contributed by atoms with Gasteiger partial charge in [0.05, 0.1) is 12.1 Å². The summed E-state index contributed by atoms with van der Waals surface area (Å²) in [6, 6.07) is 16.5. The zero-order valence-electron chi connectivity index (χ0n) is 15.9. The Labute approximate surface area is 174 Å². The Morgan fingerprint density at radius 1 is 1.11 bits per heavy atom. The summed E-state index contributed by atoms with van der Waals surface area (Å²) in [6.07, 6.45) is 0.574. The number of carbonyl (C=O) groups excluding carboxylic acids is 2. The molecule has 0 fully saturated rings. The van der Waals surface area contributed by atoms with Crippen molar-refractivity contribution in [3.63, 3.8) is 0 Å². The predicted molar refractivity (Wildman–Crippen MR) is 113 cm³/mol. The van der Waals surface area contributed by atoms with E-state index in [2.05, 4.69) is 26.6 Å². The van der Waals surface area contributed by atoms with Crippen molar-refractivity contribution in [3.05, 3.63) is 70.2 Å². The molecule has 0 aliphatic carbocycles. The molecule has 0 saturated heterocycles. The van der Waals surface area contributed by atoms with Gasteiger partial charge in [0.1, 0.15) is 6.61 Å². The average Bonchev–Trinajstić information content (AvgIpc) is 2.70. The van der Waals surface area contributed by atoms with Gasteiger partial charge in [-0.3, -0.25) is 4.79 Å². The molecule has 2 amide bonds. The van der Waals surface area contributed by atoms with E-state index in [1.807, 2.05) is 61.5 Å². The normalized spacial score (nSPS) is 12.7. The smallest absolute Gasteiger partial charge is 0.407 e. The maximum atomic E-state index is 12.2. The van der Waals surface area contributed by atoms with Crippen LogP contribution in [0.5, 0.6) is 0 Å². The number of benzene rings is 2. The van der Waals surface area contributed by atoms with Crippen LogP contribution in [0.4, 0.5) is 4.79 Å². The Morgan fingerprint density at radius 3 is 2.46 bits per heavy atom. The number of carbonyl (C=O) groups is 2. The van der Waals surface area contributed by atoms with Crippen LogP contribution >= 0.6 is 15.9 Å². The highest BCUT2D eigenvalue weighted by molar-refractivity contribution is 9.10. The molecule has 2 aromatic rings. The lowest BCUT2D eigenvalue weighted by molar-refractivity contribution is -0.123. The first-order chi connectivity index (χ1) is 13.5. The van der Waals surface area contributed by atoms with Crippen molar-refractivity contribution in [2.75, 3.05) is 6.54 Å². The molecule has 0 bridgehead atoms. The van der Waals surface area contributed by atoms with E-state index in [0.717, 1.165) is 15.6 Å². The van der Waals surface area contributed by atoms with E-state index < -0.39 is 12.1 Å². The third-order valence-electron chi connectivity index (χ3n) is 4.24. The minimum absolute atomic E-state index is 0.127. The maximum Gasteiger partial charge on any atom is 0.407 e. The second kappa shape index (κ2) is 11.5. The zero-order valence-corrected chi connectivity index (χ0v) is 17.4. The highest BCUT2D eigenvalue weighted by atomic mass is 79.9. The van der Waals surface area contributed by atoms with Gasteiger partial charge < -0.3 is 21.1 Å². The Bertz CT molecular complexity index is 753. The Kier molecular flexibility index (Phi) is 8.97. The molecule has 0 saturated carbocycles. The molecule has 2 rings (SSSR count). The maximum absolute atomic E-state index is 12.2. The molecule has 7 heteroatoms. The van der Waals surface area contributed by atoms with Crippen LogP contribution in [-0.2, 0) is 16.1 Å². The minimum Gasteiger partial charge on any atom is -0.445 e. The highest BCUT2D eigenvalue weighted by Gasteiger charge is 2.16. The van der Waals surface area contributed by atoms with Crippen LogP contribution in [0.1, 0.15) is 36.9 Å². The van der Waals surface area contributed by atoms with Gasteiger partial charge in [0, 0.05) is 11.0 Å². The number of amides is 2. The van der Waals surface area contributed by atoms with Gasteiger partial charge in [-0.1, -0.05) is 58.4 Å². The van der Waals surface area contributed by atoms with Gasteiger partial charge in [-0.25, -0.2) is 4.79 Å². The van der Waals surface area contributed by atoms with E-state index in [4.69, 9.17) is 10.5 Å². The molecule has 0 heterocycles. The number of nitrogens with two attached hydrogens (primary N) is 1. The molecule has 0 spiro atoms. The number of halogens is 1. The highest BCUT2D eigenvalue weighted by Crippen LogP contribution is 2.16. The number of alkyl carbamates (subject to hydrolysis) is 1. The fourth-order valence-corrected chi connectivity index (χ4v) is 2.84. The average molecular weight is 448 g/mol. The summed E-state index contributed by atoms with van der Waals surface area (Å²) in [5.41, 5.74) is 7.89. The van der Waals surface area contributed by atoms with E-state index in [1.54, 1.807) is 0 Å². The third-order valence-corrected chi connectivity index (χ3v) is 4.77. The summed E-state index contributed by atoms with van der Waals surface area (Å²) >= 11 is 3.39. The lowest BCUT2D eigenvalue weighted by Crippen LogP contribution is -2.42. The second-order valence-corrected chi connectivity index (χ2v) is 7.43. The standard InChI is InChI=1S/C21H26BrN3O3/c1-15(17-9-11-18(22)12-10-17)25-20(26)19(23)8-5-13-24-21(27)28-14-16-6-3-2-4-7-16/h2-4,6-7,9-12,15,19H,5,8,13-14,23H2,1H3,(H,24,27)(H,25,26)/t15-,19-/m1/s1. The number of rotatable bonds is 9. The van der Waals surface area contributed by atoms with Crippen molar-refractivity contribution in [2.24, 2.45) is 5.73 Å².